The number of halogens is 1. The monoisotopic (exact) mass is 336 g/mol. The first-order chi connectivity index (χ1) is 10.5. The van der Waals surface area contributed by atoms with Gasteiger partial charge in [-0.1, -0.05) is 35.4 Å². The molecule has 1 atom stereocenters. The average Bonchev–Trinajstić information content (AvgIpc) is 2.98. The number of benzene rings is 1. The van der Waals surface area contributed by atoms with Gasteiger partial charge in [0.25, 0.3) is 0 Å². The van der Waals surface area contributed by atoms with E-state index in [4.69, 9.17) is 11.6 Å². The van der Waals surface area contributed by atoms with Gasteiger partial charge >= 0.3 is 0 Å². The number of nitrogens with zero attached hydrogens (tertiary/aromatic N) is 2. The maximum atomic E-state index is 12.9. The summed E-state index contributed by atoms with van der Waals surface area (Å²) < 4.78 is 27.3. The van der Waals surface area contributed by atoms with E-state index >= 15 is 0 Å². The number of aromatic nitrogens is 1. The minimum absolute atomic E-state index is 0.243. The Morgan fingerprint density at radius 3 is 2.64 bits per heavy atom. The number of hydrogen-bond acceptors (Lipinski definition) is 3. The van der Waals surface area contributed by atoms with Gasteiger partial charge in [0.05, 0.1) is 10.9 Å². The van der Waals surface area contributed by atoms with Gasteiger partial charge in [0.1, 0.15) is 5.15 Å². The minimum atomic E-state index is -3.52. The molecule has 1 aromatic heterocycles. The van der Waals surface area contributed by atoms with E-state index in [1.807, 2.05) is 25.1 Å². The van der Waals surface area contributed by atoms with E-state index in [9.17, 15) is 8.42 Å². The number of hydrogen-bond donors (Lipinski definition) is 0. The highest BCUT2D eigenvalue weighted by Gasteiger charge is 2.37. The predicted molar refractivity (Wildman–Crippen MR) is 86.3 cm³/mol. The smallest absolute Gasteiger partial charge is 0.243 e. The zero-order valence-electron chi connectivity index (χ0n) is 12.2. The van der Waals surface area contributed by atoms with Crippen molar-refractivity contribution >= 4 is 21.6 Å². The van der Waals surface area contributed by atoms with Crippen LogP contribution in [0.1, 0.15) is 30.0 Å². The van der Waals surface area contributed by atoms with Gasteiger partial charge in [-0.2, -0.15) is 4.31 Å². The van der Waals surface area contributed by atoms with Crippen LogP contribution in [0.5, 0.6) is 0 Å². The molecule has 1 saturated heterocycles. The molecular formula is C16H17ClN2O2S. The van der Waals surface area contributed by atoms with Crippen LogP contribution in [0.2, 0.25) is 5.15 Å². The van der Waals surface area contributed by atoms with Crippen molar-refractivity contribution in [3.63, 3.8) is 0 Å². The Kier molecular flexibility index (Phi) is 4.21. The van der Waals surface area contributed by atoms with Crippen molar-refractivity contribution in [2.75, 3.05) is 6.54 Å². The number of sulfonamides is 1. The van der Waals surface area contributed by atoms with Crippen LogP contribution in [-0.4, -0.2) is 24.3 Å². The summed E-state index contributed by atoms with van der Waals surface area (Å²) in [4.78, 5) is 4.39. The normalized spacial score (nSPS) is 19.5. The molecular weight excluding hydrogens is 320 g/mol. The molecule has 1 fully saturated rings. The topological polar surface area (TPSA) is 50.3 Å². The molecule has 0 N–H and O–H groups in total. The van der Waals surface area contributed by atoms with E-state index in [1.165, 1.54) is 0 Å². The van der Waals surface area contributed by atoms with Crippen LogP contribution in [0.25, 0.3) is 0 Å². The number of rotatable bonds is 3. The summed E-state index contributed by atoms with van der Waals surface area (Å²) in [5.74, 6) is 0. The summed E-state index contributed by atoms with van der Waals surface area (Å²) in [7, 11) is -3.52. The van der Waals surface area contributed by atoms with Gasteiger partial charge in [-0.25, -0.2) is 13.4 Å². The molecule has 1 aliphatic rings. The van der Waals surface area contributed by atoms with Crippen LogP contribution in [0.4, 0.5) is 0 Å². The Morgan fingerprint density at radius 1 is 1.23 bits per heavy atom. The van der Waals surface area contributed by atoms with Crippen molar-refractivity contribution < 1.29 is 8.42 Å². The van der Waals surface area contributed by atoms with E-state index in [2.05, 4.69) is 4.98 Å². The lowest BCUT2D eigenvalue weighted by atomic mass is 10.1. The molecule has 0 bridgehead atoms. The molecule has 0 aliphatic carbocycles. The second kappa shape index (κ2) is 5.99. The van der Waals surface area contributed by atoms with Crippen molar-refractivity contribution in [2.45, 2.75) is 30.7 Å². The van der Waals surface area contributed by atoms with Crippen molar-refractivity contribution in [3.8, 4) is 0 Å². The molecule has 1 aliphatic heterocycles. The van der Waals surface area contributed by atoms with Crippen molar-refractivity contribution in [3.05, 3.63) is 58.9 Å². The predicted octanol–water partition coefficient (Wildman–Crippen LogP) is 3.57. The molecule has 116 valence electrons. The maximum Gasteiger partial charge on any atom is 0.243 e. The van der Waals surface area contributed by atoms with Crippen LogP contribution in [0, 0.1) is 6.92 Å². The van der Waals surface area contributed by atoms with Gasteiger partial charge < -0.3 is 0 Å². The molecule has 2 aromatic rings. The Morgan fingerprint density at radius 2 is 1.95 bits per heavy atom. The fraction of sp³-hybridized carbons (Fsp3) is 0.312. The number of pyridine rings is 1. The first kappa shape index (κ1) is 15.5. The largest absolute Gasteiger partial charge is 0.244 e. The summed E-state index contributed by atoms with van der Waals surface area (Å²) in [6.07, 6.45) is 3.19. The van der Waals surface area contributed by atoms with Gasteiger partial charge in [-0.3, -0.25) is 0 Å². The van der Waals surface area contributed by atoms with E-state index in [1.54, 1.807) is 28.7 Å². The molecule has 1 aromatic carbocycles. The van der Waals surface area contributed by atoms with E-state index in [0.717, 1.165) is 24.0 Å². The highest BCUT2D eigenvalue weighted by molar-refractivity contribution is 7.89. The van der Waals surface area contributed by atoms with Gasteiger partial charge in [-0.15, -0.1) is 0 Å². The van der Waals surface area contributed by atoms with Crippen molar-refractivity contribution in [2.24, 2.45) is 0 Å². The maximum absolute atomic E-state index is 12.9. The Hall–Kier alpha value is -1.43. The quantitative estimate of drug-likeness (QED) is 0.805. The summed E-state index contributed by atoms with van der Waals surface area (Å²) in [6.45, 7) is 2.44. The standard InChI is InChI=1S/C16H17ClN2O2S/c1-12-6-8-13(9-7-12)22(20,21)19-11-3-5-15(19)14-4-2-10-18-16(14)17/h2,4,6-10,15H,3,5,11H2,1H3/t15-/m1/s1. The first-order valence-corrected chi connectivity index (χ1v) is 9.01. The van der Waals surface area contributed by atoms with Gasteiger partial charge in [0, 0.05) is 18.3 Å². The lowest BCUT2D eigenvalue weighted by molar-refractivity contribution is 0.396. The van der Waals surface area contributed by atoms with Crippen molar-refractivity contribution in [1.82, 2.24) is 9.29 Å². The molecule has 0 spiro atoms. The van der Waals surface area contributed by atoms with E-state index in [0.29, 0.717) is 16.6 Å². The third kappa shape index (κ3) is 2.76. The van der Waals surface area contributed by atoms with Crippen LogP contribution >= 0.6 is 11.6 Å². The molecule has 3 rings (SSSR count). The Labute approximate surface area is 135 Å². The minimum Gasteiger partial charge on any atom is -0.244 e. The number of aryl methyl sites for hydroxylation is 1. The van der Waals surface area contributed by atoms with Gasteiger partial charge in [0.2, 0.25) is 10.0 Å². The lowest BCUT2D eigenvalue weighted by Crippen LogP contribution is -2.30. The molecule has 22 heavy (non-hydrogen) atoms. The summed E-state index contributed by atoms with van der Waals surface area (Å²) in [5, 5.41) is 0.374. The highest BCUT2D eigenvalue weighted by Crippen LogP contribution is 2.38. The third-order valence-electron chi connectivity index (χ3n) is 3.98. The summed E-state index contributed by atoms with van der Waals surface area (Å²) >= 11 is 6.15. The zero-order valence-corrected chi connectivity index (χ0v) is 13.8. The lowest BCUT2D eigenvalue weighted by Gasteiger charge is -2.24. The Bertz CT molecular complexity index is 775. The molecule has 4 nitrogen and oxygen atoms in total. The average molecular weight is 337 g/mol. The van der Waals surface area contributed by atoms with Crippen LogP contribution in [0.3, 0.4) is 0 Å². The first-order valence-electron chi connectivity index (χ1n) is 7.19. The Balaban J connectivity index is 1.99. The van der Waals surface area contributed by atoms with Crippen molar-refractivity contribution in [1.29, 1.82) is 0 Å². The van der Waals surface area contributed by atoms with Crippen LogP contribution in [0.15, 0.2) is 47.5 Å². The molecule has 0 radical (unpaired) electrons. The fourth-order valence-electron chi connectivity index (χ4n) is 2.83. The second-order valence-corrected chi connectivity index (χ2v) is 7.72. The zero-order chi connectivity index (χ0) is 15.7. The molecule has 0 unspecified atom stereocenters. The summed E-state index contributed by atoms with van der Waals surface area (Å²) in [6, 6.07) is 10.3. The SMILES string of the molecule is Cc1ccc(S(=O)(=O)N2CCC[C@@H]2c2cccnc2Cl)cc1. The van der Waals surface area contributed by atoms with E-state index < -0.39 is 10.0 Å². The fourth-order valence-corrected chi connectivity index (χ4v) is 4.75. The summed E-state index contributed by atoms with van der Waals surface area (Å²) in [5.41, 5.74) is 1.81. The van der Waals surface area contributed by atoms with Gasteiger partial charge in [-0.05, 0) is 38.0 Å². The van der Waals surface area contributed by atoms with E-state index in [-0.39, 0.29) is 6.04 Å². The molecule has 2 heterocycles. The second-order valence-electron chi connectivity index (χ2n) is 5.47. The van der Waals surface area contributed by atoms with Gasteiger partial charge in [0.15, 0.2) is 0 Å². The third-order valence-corrected chi connectivity index (χ3v) is 6.22. The van der Waals surface area contributed by atoms with Crippen LogP contribution < -0.4 is 0 Å². The molecule has 6 heteroatoms. The highest BCUT2D eigenvalue weighted by atomic mass is 35.5. The molecule has 0 amide bonds. The molecule has 0 saturated carbocycles. The van der Waals surface area contributed by atoms with Crippen LogP contribution in [-0.2, 0) is 10.0 Å².